The average molecular weight is 381 g/mol. The number of amides is 1. The van der Waals surface area contributed by atoms with Gasteiger partial charge in [0, 0.05) is 6.42 Å². The molecule has 0 bridgehead atoms. The quantitative estimate of drug-likeness (QED) is 0.627. The summed E-state index contributed by atoms with van der Waals surface area (Å²) < 4.78 is 5.50. The van der Waals surface area contributed by atoms with Crippen LogP contribution in [-0.2, 0) is 4.74 Å². The van der Waals surface area contributed by atoms with E-state index in [1.54, 1.807) is 13.3 Å². The molecule has 1 aromatic rings. The Labute approximate surface area is 168 Å². The Morgan fingerprint density at radius 2 is 2.18 bits per heavy atom. The number of primary amides is 1. The SMILES string of the molecule is C=CNc1c(C(N)=O)c(C)cc(C2=C/C=C(/OC)CCC/C=C\2)c1C(C)CC. The van der Waals surface area contributed by atoms with Crippen LogP contribution in [0.4, 0.5) is 5.69 Å². The van der Waals surface area contributed by atoms with E-state index in [0.717, 1.165) is 59.4 Å². The molecule has 0 radical (unpaired) electrons. The first-order valence-corrected chi connectivity index (χ1v) is 9.91. The number of rotatable bonds is 7. The molecule has 3 N–H and O–H groups in total. The van der Waals surface area contributed by atoms with Gasteiger partial charge in [0.2, 0.25) is 0 Å². The number of ether oxygens (including phenoxy) is 1. The maximum absolute atomic E-state index is 12.2. The van der Waals surface area contributed by atoms with Gasteiger partial charge < -0.3 is 15.8 Å². The second-order valence-corrected chi connectivity index (χ2v) is 7.18. The predicted octanol–water partition coefficient (Wildman–Crippen LogP) is 5.82. The van der Waals surface area contributed by atoms with Crippen molar-refractivity contribution in [2.24, 2.45) is 5.73 Å². The van der Waals surface area contributed by atoms with Gasteiger partial charge in [-0.15, -0.1) is 0 Å². The van der Waals surface area contributed by atoms with E-state index in [9.17, 15) is 4.79 Å². The van der Waals surface area contributed by atoms with Gasteiger partial charge in [-0.2, -0.15) is 0 Å². The largest absolute Gasteiger partial charge is 0.501 e. The topological polar surface area (TPSA) is 64.3 Å². The Kier molecular flexibility index (Phi) is 7.68. The lowest BCUT2D eigenvalue weighted by molar-refractivity contribution is 0.100. The van der Waals surface area contributed by atoms with Crippen LogP contribution in [0.25, 0.3) is 5.57 Å². The summed E-state index contributed by atoms with van der Waals surface area (Å²) in [7, 11) is 1.72. The van der Waals surface area contributed by atoms with Crippen molar-refractivity contribution >= 4 is 17.2 Å². The molecule has 2 rings (SSSR count). The van der Waals surface area contributed by atoms with Crippen molar-refractivity contribution in [2.45, 2.75) is 52.4 Å². The van der Waals surface area contributed by atoms with Crippen LogP contribution < -0.4 is 11.1 Å². The Balaban J connectivity index is 2.82. The molecule has 150 valence electrons. The van der Waals surface area contributed by atoms with E-state index in [4.69, 9.17) is 10.5 Å². The maximum atomic E-state index is 12.2. The van der Waals surface area contributed by atoms with Crippen LogP contribution in [-0.4, -0.2) is 13.0 Å². The van der Waals surface area contributed by atoms with E-state index in [0.29, 0.717) is 5.56 Å². The molecule has 1 unspecified atom stereocenters. The summed E-state index contributed by atoms with van der Waals surface area (Å²) in [5.41, 5.74) is 11.1. The Bertz CT molecular complexity index is 831. The van der Waals surface area contributed by atoms with Crippen molar-refractivity contribution in [1.29, 1.82) is 0 Å². The number of hydrogen-bond acceptors (Lipinski definition) is 3. The van der Waals surface area contributed by atoms with Crippen LogP contribution >= 0.6 is 0 Å². The molecule has 0 fully saturated rings. The van der Waals surface area contributed by atoms with Gasteiger partial charge in [-0.05, 0) is 66.6 Å². The first-order valence-electron chi connectivity index (χ1n) is 9.91. The summed E-state index contributed by atoms with van der Waals surface area (Å²) in [4.78, 5) is 12.2. The number of methoxy groups -OCH3 is 1. The van der Waals surface area contributed by atoms with E-state index in [-0.39, 0.29) is 5.92 Å². The maximum Gasteiger partial charge on any atom is 0.251 e. The van der Waals surface area contributed by atoms with Crippen molar-refractivity contribution in [3.8, 4) is 0 Å². The Morgan fingerprint density at radius 1 is 1.43 bits per heavy atom. The average Bonchev–Trinajstić information content (AvgIpc) is 2.78. The summed E-state index contributed by atoms with van der Waals surface area (Å²) in [6.45, 7) is 10.0. The third kappa shape index (κ3) is 4.75. The number of anilines is 1. The van der Waals surface area contributed by atoms with Crippen molar-refractivity contribution in [3.05, 3.63) is 71.2 Å². The number of nitrogens with one attached hydrogen (secondary N) is 1. The Morgan fingerprint density at radius 3 is 2.79 bits per heavy atom. The number of carbonyl (C=O) groups is 1. The first-order chi connectivity index (χ1) is 13.4. The molecular formula is C24H32N2O2. The summed E-state index contributed by atoms with van der Waals surface area (Å²) in [6, 6.07) is 2.07. The third-order valence-corrected chi connectivity index (χ3v) is 5.28. The van der Waals surface area contributed by atoms with Gasteiger partial charge in [-0.1, -0.05) is 44.7 Å². The predicted molar refractivity (Wildman–Crippen MR) is 118 cm³/mol. The molecule has 0 saturated heterocycles. The molecule has 0 saturated carbocycles. The van der Waals surface area contributed by atoms with Crippen LogP contribution in [0.3, 0.4) is 0 Å². The van der Waals surface area contributed by atoms with Crippen LogP contribution in [0.15, 0.2) is 48.9 Å². The summed E-state index contributed by atoms with van der Waals surface area (Å²) in [6.07, 6.45) is 14.0. The zero-order valence-corrected chi connectivity index (χ0v) is 17.5. The fourth-order valence-corrected chi connectivity index (χ4v) is 3.63. The highest BCUT2D eigenvalue weighted by Gasteiger charge is 2.23. The molecule has 1 aromatic carbocycles. The number of aryl methyl sites for hydroxylation is 1. The van der Waals surface area contributed by atoms with E-state index in [1.807, 2.05) is 13.0 Å². The zero-order chi connectivity index (χ0) is 20.7. The van der Waals surface area contributed by atoms with Crippen molar-refractivity contribution in [3.63, 3.8) is 0 Å². The molecule has 28 heavy (non-hydrogen) atoms. The summed E-state index contributed by atoms with van der Waals surface area (Å²) >= 11 is 0. The molecule has 1 aliphatic rings. The molecule has 0 aromatic heterocycles. The van der Waals surface area contributed by atoms with E-state index < -0.39 is 5.91 Å². The van der Waals surface area contributed by atoms with Crippen molar-refractivity contribution in [1.82, 2.24) is 0 Å². The molecule has 4 heteroatoms. The molecule has 1 aliphatic carbocycles. The van der Waals surface area contributed by atoms with E-state index in [2.05, 4.69) is 50.0 Å². The van der Waals surface area contributed by atoms with Gasteiger partial charge in [-0.25, -0.2) is 0 Å². The lowest BCUT2D eigenvalue weighted by Gasteiger charge is -2.24. The van der Waals surface area contributed by atoms with Crippen LogP contribution in [0, 0.1) is 6.92 Å². The minimum absolute atomic E-state index is 0.240. The van der Waals surface area contributed by atoms with Crippen molar-refractivity contribution in [2.75, 3.05) is 12.4 Å². The van der Waals surface area contributed by atoms with Gasteiger partial charge in [0.1, 0.15) is 0 Å². The molecule has 1 amide bonds. The molecule has 4 nitrogen and oxygen atoms in total. The van der Waals surface area contributed by atoms with Gasteiger partial charge in [0.05, 0.1) is 24.1 Å². The zero-order valence-electron chi connectivity index (χ0n) is 17.5. The lowest BCUT2D eigenvalue weighted by Crippen LogP contribution is -2.18. The van der Waals surface area contributed by atoms with E-state index in [1.165, 1.54) is 0 Å². The fourth-order valence-electron chi connectivity index (χ4n) is 3.63. The molecule has 0 heterocycles. The normalized spacial score (nSPS) is 20.3. The highest BCUT2D eigenvalue weighted by atomic mass is 16.5. The lowest BCUT2D eigenvalue weighted by atomic mass is 9.84. The highest BCUT2D eigenvalue weighted by molar-refractivity contribution is 6.02. The van der Waals surface area contributed by atoms with Gasteiger partial charge >= 0.3 is 0 Å². The smallest absolute Gasteiger partial charge is 0.251 e. The number of hydrogen-bond donors (Lipinski definition) is 2. The second kappa shape index (κ2) is 9.98. The van der Waals surface area contributed by atoms with E-state index >= 15 is 0 Å². The highest BCUT2D eigenvalue weighted by Crippen LogP contribution is 2.39. The number of nitrogens with two attached hydrogens (primary N) is 1. The standard InChI is InChI=1S/C24H32N2O2/c1-6-16(3)21-20(15-17(4)22(24(25)27)23(21)26-7-2)18-11-9-8-10-12-19(28-5)14-13-18/h7,9,11,13-16,26H,2,6,8,10,12H2,1,3-5H3,(H2,25,27)/b11-9-,18-13+,19-14+. The van der Waals surface area contributed by atoms with Crippen molar-refractivity contribution < 1.29 is 9.53 Å². The molecule has 1 atom stereocenters. The number of carbonyl (C=O) groups excluding carboxylic acids is 1. The van der Waals surface area contributed by atoms with Crippen LogP contribution in [0.2, 0.25) is 0 Å². The minimum atomic E-state index is -0.432. The second-order valence-electron chi connectivity index (χ2n) is 7.18. The third-order valence-electron chi connectivity index (χ3n) is 5.28. The van der Waals surface area contributed by atoms with Gasteiger partial charge in [0.25, 0.3) is 5.91 Å². The number of allylic oxidation sites excluding steroid dienone is 6. The Hall–Kier alpha value is -2.75. The van der Waals surface area contributed by atoms with Crippen LogP contribution in [0.1, 0.15) is 72.5 Å². The molecule has 0 aliphatic heterocycles. The van der Waals surface area contributed by atoms with Gasteiger partial charge in [-0.3, -0.25) is 4.79 Å². The fraction of sp³-hybridized carbons (Fsp3) is 0.375. The van der Waals surface area contributed by atoms with Gasteiger partial charge in [0.15, 0.2) is 0 Å². The summed E-state index contributed by atoms with van der Waals surface area (Å²) in [5.74, 6) is 0.781. The van der Waals surface area contributed by atoms with Crippen LogP contribution in [0.5, 0.6) is 0 Å². The monoisotopic (exact) mass is 380 g/mol. The molecular weight excluding hydrogens is 348 g/mol. The molecule has 0 spiro atoms. The first kappa shape index (κ1) is 21.5. The minimum Gasteiger partial charge on any atom is -0.501 e. The number of benzene rings is 1. The summed E-state index contributed by atoms with van der Waals surface area (Å²) in [5, 5.41) is 3.19.